The smallest absolute Gasteiger partial charge is 0.475 e. The van der Waals surface area contributed by atoms with E-state index in [0.717, 1.165) is 22.2 Å². The molecule has 0 spiro atoms. The minimum atomic E-state index is -5.08. The number of imidazole rings is 1. The fourth-order valence-corrected chi connectivity index (χ4v) is 2.81. The van der Waals surface area contributed by atoms with E-state index in [0.29, 0.717) is 17.9 Å². The van der Waals surface area contributed by atoms with Crippen molar-refractivity contribution in [3.05, 3.63) is 78.3 Å². The van der Waals surface area contributed by atoms with Gasteiger partial charge >= 0.3 is 24.3 Å². The molecule has 0 saturated carbocycles. The second-order valence-corrected chi connectivity index (χ2v) is 7.50. The van der Waals surface area contributed by atoms with E-state index >= 15 is 0 Å². The van der Waals surface area contributed by atoms with Gasteiger partial charge in [-0.15, -0.1) is 0 Å². The largest absolute Gasteiger partial charge is 0.490 e. The van der Waals surface area contributed by atoms with Gasteiger partial charge in [0.2, 0.25) is 0 Å². The summed E-state index contributed by atoms with van der Waals surface area (Å²) in [5.74, 6) is -5.14. The summed E-state index contributed by atoms with van der Waals surface area (Å²) in [5.41, 5.74) is 10.5. The molecule has 0 amide bonds. The van der Waals surface area contributed by atoms with Gasteiger partial charge in [-0.05, 0) is 47.9 Å². The van der Waals surface area contributed by atoms with E-state index in [1.165, 1.54) is 12.1 Å². The number of carboxylic acids is 2. The first kappa shape index (κ1) is 30.6. The summed E-state index contributed by atoms with van der Waals surface area (Å²) in [7, 11) is 0. The standard InChI is InChI=1S/C19H16FN5.2C2HF3O2/c20-15-3-1-2-12(8-15)9-16(21)18-24-17-10-14(11-23-19(17)25-18)13-4-6-22-7-5-13;2*3-2(4,5)1(6)7/h1-8,10-11,16H,9,21H2,(H,23,24,25);2*(H,6,7)/t16-;;/m1../s1. The third-order valence-corrected chi connectivity index (χ3v) is 4.55. The summed E-state index contributed by atoms with van der Waals surface area (Å²) in [6.45, 7) is 0. The maximum absolute atomic E-state index is 13.3. The number of aliphatic carboxylic acids is 2. The van der Waals surface area contributed by atoms with Crippen molar-refractivity contribution < 1.29 is 50.5 Å². The molecule has 39 heavy (non-hydrogen) atoms. The molecule has 0 fully saturated rings. The Hall–Kier alpha value is -4.60. The highest BCUT2D eigenvalue weighted by Gasteiger charge is 2.38. The van der Waals surface area contributed by atoms with Gasteiger partial charge in [-0.25, -0.2) is 23.9 Å². The average Bonchev–Trinajstić information content (AvgIpc) is 3.28. The first-order valence-electron chi connectivity index (χ1n) is 10.4. The predicted octanol–water partition coefficient (Wildman–Crippen LogP) is 4.67. The maximum Gasteiger partial charge on any atom is 0.490 e. The van der Waals surface area contributed by atoms with Gasteiger partial charge in [0.25, 0.3) is 0 Å². The lowest BCUT2D eigenvalue weighted by atomic mass is 10.1. The Morgan fingerprint density at radius 2 is 1.49 bits per heavy atom. The van der Waals surface area contributed by atoms with Crippen LogP contribution in [-0.2, 0) is 16.0 Å². The lowest BCUT2D eigenvalue weighted by molar-refractivity contribution is -0.193. The van der Waals surface area contributed by atoms with E-state index in [2.05, 4.69) is 19.9 Å². The lowest BCUT2D eigenvalue weighted by Crippen LogP contribution is -2.21. The molecule has 3 aromatic heterocycles. The molecule has 4 rings (SSSR count). The number of alkyl halides is 6. The Morgan fingerprint density at radius 3 is 2.00 bits per heavy atom. The molecule has 3 heterocycles. The van der Waals surface area contributed by atoms with E-state index in [-0.39, 0.29) is 11.9 Å². The molecule has 0 radical (unpaired) electrons. The minimum absolute atomic E-state index is 0.266. The van der Waals surface area contributed by atoms with Crippen LogP contribution in [0.1, 0.15) is 17.4 Å². The van der Waals surface area contributed by atoms with Gasteiger partial charge in [-0.2, -0.15) is 26.3 Å². The number of carbonyl (C=O) groups is 2. The van der Waals surface area contributed by atoms with Gasteiger partial charge in [-0.3, -0.25) is 4.98 Å². The molecule has 0 aliphatic carbocycles. The summed E-state index contributed by atoms with van der Waals surface area (Å²) in [6.07, 6.45) is -4.41. The van der Waals surface area contributed by atoms with Crippen molar-refractivity contribution in [3.63, 3.8) is 0 Å². The fraction of sp³-hybridized carbons (Fsp3) is 0.174. The third-order valence-electron chi connectivity index (χ3n) is 4.55. The monoisotopic (exact) mass is 561 g/mol. The van der Waals surface area contributed by atoms with Crippen LogP contribution < -0.4 is 5.73 Å². The summed E-state index contributed by atoms with van der Waals surface area (Å²) in [6, 6.07) is 11.9. The molecule has 4 aromatic rings. The molecular weight excluding hydrogens is 543 g/mol. The number of nitrogens with zero attached hydrogens (tertiary/aromatic N) is 3. The number of halogens is 7. The number of hydrogen-bond donors (Lipinski definition) is 4. The van der Waals surface area contributed by atoms with Gasteiger partial charge in [0.15, 0.2) is 5.65 Å². The molecule has 0 saturated heterocycles. The lowest BCUT2D eigenvalue weighted by Gasteiger charge is -2.08. The molecule has 9 nitrogen and oxygen atoms in total. The number of hydrogen-bond acceptors (Lipinski definition) is 6. The summed E-state index contributed by atoms with van der Waals surface area (Å²) < 4.78 is 76.8. The number of rotatable bonds is 4. The molecule has 5 N–H and O–H groups in total. The molecule has 0 aliphatic heterocycles. The molecule has 0 aliphatic rings. The van der Waals surface area contributed by atoms with Crippen molar-refractivity contribution in [1.82, 2.24) is 19.9 Å². The molecule has 208 valence electrons. The van der Waals surface area contributed by atoms with Crippen molar-refractivity contribution in [2.75, 3.05) is 0 Å². The SMILES string of the molecule is N[C@H](Cc1cccc(F)c1)c1nc2ncc(-c3ccncc3)cc2[nH]1.O=C(O)C(F)(F)F.O=C(O)C(F)(F)F. The van der Waals surface area contributed by atoms with Crippen LogP contribution in [0.2, 0.25) is 0 Å². The normalized spacial score (nSPS) is 12.0. The Kier molecular flexibility index (Phi) is 10.0. The molecule has 1 aromatic carbocycles. The van der Waals surface area contributed by atoms with Crippen LogP contribution in [0.25, 0.3) is 22.3 Å². The van der Waals surface area contributed by atoms with Crippen LogP contribution >= 0.6 is 0 Å². The van der Waals surface area contributed by atoms with E-state index in [1.54, 1.807) is 24.7 Å². The van der Waals surface area contributed by atoms with Gasteiger partial charge < -0.3 is 20.9 Å². The van der Waals surface area contributed by atoms with Crippen molar-refractivity contribution in [1.29, 1.82) is 0 Å². The minimum Gasteiger partial charge on any atom is -0.475 e. The zero-order chi connectivity index (χ0) is 29.4. The number of H-pyrrole nitrogens is 1. The van der Waals surface area contributed by atoms with Gasteiger partial charge in [0, 0.05) is 24.2 Å². The zero-order valence-corrected chi connectivity index (χ0v) is 19.3. The van der Waals surface area contributed by atoms with Crippen LogP contribution in [0, 0.1) is 5.82 Å². The van der Waals surface area contributed by atoms with E-state index in [4.69, 9.17) is 25.5 Å². The number of pyridine rings is 2. The zero-order valence-electron chi connectivity index (χ0n) is 19.3. The van der Waals surface area contributed by atoms with Crippen LogP contribution in [0.15, 0.2) is 61.1 Å². The Bertz CT molecular complexity index is 1390. The van der Waals surface area contributed by atoms with Crippen LogP contribution in [0.4, 0.5) is 30.7 Å². The number of nitrogens with one attached hydrogen (secondary N) is 1. The summed E-state index contributed by atoms with van der Waals surface area (Å²) in [5, 5.41) is 14.2. The molecule has 16 heteroatoms. The molecule has 1 atom stereocenters. The molecular formula is C23H18F7N5O4. The third kappa shape index (κ3) is 9.66. The maximum atomic E-state index is 13.3. The van der Waals surface area contributed by atoms with Gasteiger partial charge in [-0.1, -0.05) is 12.1 Å². The second kappa shape index (κ2) is 12.8. The predicted molar refractivity (Wildman–Crippen MR) is 122 cm³/mol. The molecule has 0 unspecified atom stereocenters. The first-order valence-corrected chi connectivity index (χ1v) is 10.4. The number of benzene rings is 1. The van der Waals surface area contributed by atoms with E-state index < -0.39 is 24.3 Å². The second-order valence-electron chi connectivity index (χ2n) is 7.50. The number of nitrogens with two attached hydrogens (primary N) is 1. The number of aromatic amines is 1. The topological polar surface area (TPSA) is 155 Å². The quantitative estimate of drug-likeness (QED) is 0.262. The highest BCUT2D eigenvalue weighted by molar-refractivity contribution is 5.78. The van der Waals surface area contributed by atoms with Crippen molar-refractivity contribution in [2.45, 2.75) is 24.8 Å². The first-order chi connectivity index (χ1) is 18.1. The van der Waals surface area contributed by atoms with E-state index in [9.17, 15) is 30.7 Å². The number of aromatic nitrogens is 4. The Labute approximate surface area is 214 Å². The van der Waals surface area contributed by atoms with Crippen LogP contribution in [-0.4, -0.2) is 54.4 Å². The van der Waals surface area contributed by atoms with Crippen LogP contribution in [0.3, 0.4) is 0 Å². The van der Waals surface area contributed by atoms with Crippen molar-refractivity contribution >= 4 is 23.1 Å². The van der Waals surface area contributed by atoms with E-state index in [1.807, 2.05) is 24.3 Å². The Morgan fingerprint density at radius 1 is 0.923 bits per heavy atom. The fourth-order valence-electron chi connectivity index (χ4n) is 2.81. The number of carboxylic acid groups (broad SMARTS) is 2. The summed E-state index contributed by atoms with van der Waals surface area (Å²) >= 11 is 0. The Balaban J connectivity index is 0.000000317. The highest BCUT2D eigenvalue weighted by atomic mass is 19.4. The number of fused-ring (bicyclic) bond motifs is 1. The van der Waals surface area contributed by atoms with Gasteiger partial charge in [0.05, 0.1) is 11.6 Å². The van der Waals surface area contributed by atoms with Gasteiger partial charge in [0.1, 0.15) is 11.6 Å². The van der Waals surface area contributed by atoms with Crippen molar-refractivity contribution in [2.24, 2.45) is 5.73 Å². The van der Waals surface area contributed by atoms with Crippen molar-refractivity contribution in [3.8, 4) is 11.1 Å². The highest BCUT2D eigenvalue weighted by Crippen LogP contribution is 2.23. The van der Waals surface area contributed by atoms with Crippen LogP contribution in [0.5, 0.6) is 0 Å². The summed E-state index contributed by atoms with van der Waals surface area (Å²) in [4.78, 5) is 33.9. The average molecular weight is 561 g/mol. The molecule has 0 bridgehead atoms.